The zero-order valence-corrected chi connectivity index (χ0v) is 26.9. The second-order valence-corrected chi connectivity index (χ2v) is 15.7. The molecule has 4 aliphatic carbocycles. The topological polar surface area (TPSA) is 12.5 Å². The van der Waals surface area contributed by atoms with Crippen molar-refractivity contribution in [2.24, 2.45) is 52.3 Å². The fraction of sp³-hybridized carbons (Fsp3) is 0.944. The zero-order chi connectivity index (χ0) is 27.5. The Balaban J connectivity index is 1.32. The third kappa shape index (κ3) is 6.58. The van der Waals surface area contributed by atoms with Crippen molar-refractivity contribution in [2.45, 2.75) is 138 Å². The second kappa shape index (κ2) is 13.1. The van der Waals surface area contributed by atoms with Gasteiger partial charge in [-0.2, -0.15) is 0 Å². The molecular formula is C36H65NO. The molecule has 0 aromatic carbocycles. The number of ether oxygens (including phenoxy) is 1. The maximum absolute atomic E-state index is 6.53. The molecule has 4 rings (SSSR count). The third-order valence-electron chi connectivity index (χ3n) is 12.6. The van der Waals surface area contributed by atoms with Crippen LogP contribution in [0.2, 0.25) is 0 Å². The van der Waals surface area contributed by atoms with E-state index < -0.39 is 0 Å². The summed E-state index contributed by atoms with van der Waals surface area (Å²) in [5.74, 6) is 6.38. The Morgan fingerprint density at radius 2 is 1.74 bits per heavy atom. The van der Waals surface area contributed by atoms with E-state index in [-0.39, 0.29) is 0 Å². The lowest BCUT2D eigenvalue weighted by molar-refractivity contribution is -0.0642. The van der Waals surface area contributed by atoms with E-state index in [1.165, 1.54) is 96.4 Å². The molecule has 38 heavy (non-hydrogen) atoms. The molecule has 0 bridgehead atoms. The Kier molecular flexibility index (Phi) is 10.6. The SMILES string of the molecule is CCC(CCCO[C@H]1CCC2(C)C(=CCC3C2CCC2(C)C(C(C)CCCC(C)C)CCC32)C1)CN(C)C. The van der Waals surface area contributed by atoms with E-state index in [1.54, 1.807) is 5.57 Å². The van der Waals surface area contributed by atoms with Crippen LogP contribution < -0.4 is 0 Å². The van der Waals surface area contributed by atoms with Gasteiger partial charge in [0.25, 0.3) is 0 Å². The van der Waals surface area contributed by atoms with Crippen molar-refractivity contribution in [1.29, 1.82) is 0 Å². The van der Waals surface area contributed by atoms with Crippen molar-refractivity contribution in [3.05, 3.63) is 11.6 Å². The van der Waals surface area contributed by atoms with Crippen molar-refractivity contribution in [1.82, 2.24) is 4.90 Å². The molecule has 0 aromatic rings. The molecule has 3 fully saturated rings. The van der Waals surface area contributed by atoms with Crippen LogP contribution in [0, 0.1) is 52.3 Å². The van der Waals surface area contributed by atoms with Crippen LogP contribution in [0.25, 0.3) is 0 Å². The van der Waals surface area contributed by atoms with Gasteiger partial charge < -0.3 is 9.64 Å². The number of fused-ring (bicyclic) bond motifs is 5. The summed E-state index contributed by atoms with van der Waals surface area (Å²) in [6, 6.07) is 0. The Morgan fingerprint density at radius 1 is 0.947 bits per heavy atom. The van der Waals surface area contributed by atoms with Crippen LogP contribution in [0.5, 0.6) is 0 Å². The van der Waals surface area contributed by atoms with Crippen molar-refractivity contribution in [3.63, 3.8) is 0 Å². The lowest BCUT2D eigenvalue weighted by Gasteiger charge is -2.58. The first-order valence-electron chi connectivity index (χ1n) is 17.0. The van der Waals surface area contributed by atoms with Crippen molar-refractivity contribution in [3.8, 4) is 0 Å². The van der Waals surface area contributed by atoms with E-state index in [0.29, 0.717) is 16.9 Å². The average molecular weight is 528 g/mol. The van der Waals surface area contributed by atoms with Gasteiger partial charge in [0.15, 0.2) is 0 Å². The molecule has 0 N–H and O–H groups in total. The second-order valence-electron chi connectivity index (χ2n) is 15.7. The van der Waals surface area contributed by atoms with Crippen molar-refractivity contribution < 1.29 is 4.74 Å². The summed E-state index contributed by atoms with van der Waals surface area (Å²) in [6.45, 7) is 17.3. The van der Waals surface area contributed by atoms with Gasteiger partial charge in [0.05, 0.1) is 6.10 Å². The normalized spacial score (nSPS) is 38.5. The average Bonchev–Trinajstić information content (AvgIpc) is 3.22. The Bertz CT molecular complexity index is 771. The van der Waals surface area contributed by atoms with E-state index in [0.717, 1.165) is 48.0 Å². The first-order valence-corrected chi connectivity index (χ1v) is 17.0. The predicted octanol–water partition coefficient (Wildman–Crippen LogP) is 9.78. The molecule has 0 aromatic heterocycles. The van der Waals surface area contributed by atoms with Gasteiger partial charge in [-0.3, -0.25) is 0 Å². The van der Waals surface area contributed by atoms with E-state index in [2.05, 4.69) is 66.6 Å². The molecule has 0 heterocycles. The van der Waals surface area contributed by atoms with Gasteiger partial charge in [0.2, 0.25) is 0 Å². The van der Waals surface area contributed by atoms with E-state index in [9.17, 15) is 0 Å². The van der Waals surface area contributed by atoms with Gasteiger partial charge in [0, 0.05) is 13.2 Å². The molecule has 3 saturated carbocycles. The van der Waals surface area contributed by atoms with Gasteiger partial charge in [-0.25, -0.2) is 0 Å². The molecule has 220 valence electrons. The van der Waals surface area contributed by atoms with Crippen LogP contribution in [-0.2, 0) is 4.74 Å². The predicted molar refractivity (Wildman–Crippen MR) is 164 cm³/mol. The molecule has 2 nitrogen and oxygen atoms in total. The fourth-order valence-electron chi connectivity index (χ4n) is 10.4. The van der Waals surface area contributed by atoms with Crippen molar-refractivity contribution in [2.75, 3.05) is 27.2 Å². The lowest BCUT2D eigenvalue weighted by Crippen LogP contribution is -2.51. The summed E-state index contributed by atoms with van der Waals surface area (Å²) in [4.78, 5) is 2.34. The van der Waals surface area contributed by atoms with Crippen LogP contribution in [-0.4, -0.2) is 38.3 Å². The highest BCUT2D eigenvalue weighted by molar-refractivity contribution is 5.25. The fourth-order valence-corrected chi connectivity index (χ4v) is 10.4. The van der Waals surface area contributed by atoms with E-state index in [1.807, 2.05) is 0 Å². The van der Waals surface area contributed by atoms with Crippen molar-refractivity contribution >= 4 is 0 Å². The van der Waals surface area contributed by atoms with Gasteiger partial charge in [-0.05, 0) is 131 Å². The minimum atomic E-state index is 0.449. The molecular weight excluding hydrogens is 462 g/mol. The molecule has 0 spiro atoms. The summed E-state index contributed by atoms with van der Waals surface area (Å²) in [6.07, 6.45) is 22.5. The Hall–Kier alpha value is -0.340. The van der Waals surface area contributed by atoms with Crippen LogP contribution in [0.3, 0.4) is 0 Å². The zero-order valence-electron chi connectivity index (χ0n) is 26.9. The molecule has 4 aliphatic rings. The number of hydrogen-bond donors (Lipinski definition) is 0. The molecule has 0 radical (unpaired) electrons. The summed E-state index contributed by atoms with van der Waals surface area (Å²) >= 11 is 0. The molecule has 0 amide bonds. The lowest BCUT2D eigenvalue weighted by atomic mass is 9.47. The summed E-state index contributed by atoms with van der Waals surface area (Å²) in [5.41, 5.74) is 2.84. The summed E-state index contributed by atoms with van der Waals surface area (Å²) < 4.78 is 6.53. The van der Waals surface area contributed by atoms with Crippen LogP contribution >= 0.6 is 0 Å². The van der Waals surface area contributed by atoms with E-state index >= 15 is 0 Å². The van der Waals surface area contributed by atoms with Crippen LogP contribution in [0.4, 0.5) is 0 Å². The van der Waals surface area contributed by atoms with Crippen LogP contribution in [0.1, 0.15) is 131 Å². The van der Waals surface area contributed by atoms with Gasteiger partial charge in [-0.15, -0.1) is 0 Å². The maximum atomic E-state index is 6.53. The highest BCUT2D eigenvalue weighted by Gasteiger charge is 2.59. The van der Waals surface area contributed by atoms with Gasteiger partial charge in [-0.1, -0.05) is 78.9 Å². The largest absolute Gasteiger partial charge is 0.378 e. The molecule has 9 atom stereocenters. The Morgan fingerprint density at radius 3 is 2.45 bits per heavy atom. The Labute approximate surface area is 238 Å². The monoisotopic (exact) mass is 528 g/mol. The van der Waals surface area contributed by atoms with E-state index in [4.69, 9.17) is 4.74 Å². The number of hydrogen-bond acceptors (Lipinski definition) is 2. The number of allylic oxidation sites excluding steroid dienone is 1. The standard InChI is InChI=1S/C36H65NO/c1-9-28(25-37(7)8)14-11-23-38-30-19-21-35(5)29(24-30)15-16-31-33-18-17-32(27(4)13-10-12-26(2)3)36(33,6)22-20-34(31)35/h15,26-28,30-34H,9-14,16-25H2,1-8H3/t27?,28?,30-,31?,32?,33?,34?,35?,36?/m0/s1. The smallest absolute Gasteiger partial charge is 0.0612 e. The minimum absolute atomic E-state index is 0.449. The van der Waals surface area contributed by atoms with Crippen LogP contribution in [0.15, 0.2) is 11.6 Å². The highest BCUT2D eigenvalue weighted by Crippen LogP contribution is 2.67. The highest BCUT2D eigenvalue weighted by atomic mass is 16.5. The molecule has 0 aliphatic heterocycles. The first-order chi connectivity index (χ1) is 18.1. The first kappa shape index (κ1) is 30.6. The molecule has 2 heteroatoms. The number of rotatable bonds is 13. The van der Waals surface area contributed by atoms with Gasteiger partial charge in [0.1, 0.15) is 0 Å². The maximum Gasteiger partial charge on any atom is 0.0612 e. The number of nitrogens with zero attached hydrogens (tertiary/aromatic N) is 1. The molecule has 0 saturated heterocycles. The summed E-state index contributed by atoms with van der Waals surface area (Å²) in [5, 5.41) is 0. The van der Waals surface area contributed by atoms with Gasteiger partial charge >= 0.3 is 0 Å². The minimum Gasteiger partial charge on any atom is -0.378 e. The third-order valence-corrected chi connectivity index (χ3v) is 12.6. The quantitative estimate of drug-likeness (QED) is 0.174. The summed E-state index contributed by atoms with van der Waals surface area (Å²) in [7, 11) is 4.40. The molecule has 8 unspecified atom stereocenters.